The molecule has 33 heavy (non-hydrogen) atoms. The second-order valence-corrected chi connectivity index (χ2v) is 7.73. The molecule has 0 bridgehead atoms. The number of nitrogens with zero attached hydrogens (tertiary/aromatic N) is 1. The monoisotopic (exact) mass is 465 g/mol. The van der Waals surface area contributed by atoms with Crippen LogP contribution in [0.5, 0.6) is 11.5 Å². The van der Waals surface area contributed by atoms with Gasteiger partial charge in [-0.3, -0.25) is 0 Å². The Kier molecular flexibility index (Phi) is 6.75. The molecule has 0 N–H and O–H groups in total. The van der Waals surface area contributed by atoms with Crippen molar-refractivity contribution in [2.24, 2.45) is 4.99 Å². The van der Waals surface area contributed by atoms with Crippen LogP contribution in [0, 0.1) is 12.7 Å². The summed E-state index contributed by atoms with van der Waals surface area (Å²) in [4.78, 5) is 16.6. The Bertz CT molecular complexity index is 1250. The minimum Gasteiger partial charge on any atom is -0.490 e. The minimum absolute atomic E-state index is 0.0985. The number of carbonyl (C=O) groups excluding carboxylic acids is 1. The maximum atomic E-state index is 13.2. The second-order valence-electron chi connectivity index (χ2n) is 7.32. The SMILES string of the molecule is CCOc1cc(/C=C2/N=C(c3ccc(F)cc3)OC2=O)cc(Cl)c1OCc1ccccc1C. The number of cyclic esters (lactones) is 1. The Morgan fingerprint density at radius 3 is 2.58 bits per heavy atom. The molecule has 1 aliphatic rings. The first-order valence-corrected chi connectivity index (χ1v) is 10.7. The molecular weight excluding hydrogens is 445 g/mol. The summed E-state index contributed by atoms with van der Waals surface area (Å²) in [5.74, 6) is -0.000857. The number of hydrogen-bond donors (Lipinski definition) is 0. The lowest BCUT2D eigenvalue weighted by Crippen LogP contribution is -2.05. The van der Waals surface area contributed by atoms with Crippen molar-refractivity contribution in [2.45, 2.75) is 20.5 Å². The Morgan fingerprint density at radius 1 is 1.09 bits per heavy atom. The number of carbonyl (C=O) groups is 1. The van der Waals surface area contributed by atoms with Crippen LogP contribution in [0.25, 0.3) is 6.08 Å². The van der Waals surface area contributed by atoms with E-state index in [1.165, 1.54) is 24.3 Å². The van der Waals surface area contributed by atoms with Crippen LogP contribution in [0.2, 0.25) is 5.02 Å². The molecule has 7 heteroatoms. The molecule has 3 aromatic carbocycles. The second kappa shape index (κ2) is 9.88. The van der Waals surface area contributed by atoms with E-state index in [4.69, 9.17) is 25.8 Å². The maximum absolute atomic E-state index is 13.2. The molecule has 0 radical (unpaired) electrons. The van der Waals surface area contributed by atoms with E-state index < -0.39 is 5.97 Å². The van der Waals surface area contributed by atoms with Crippen molar-refractivity contribution in [3.8, 4) is 11.5 Å². The standard InChI is InChI=1S/C26H21ClFNO4/c1-3-31-23-14-17(12-21(27)24(23)32-15-19-7-5-4-6-16(19)2)13-22-26(30)33-25(29-22)18-8-10-20(28)11-9-18/h4-14H,3,15H2,1-2H3/b22-13+. The van der Waals surface area contributed by atoms with Crippen molar-refractivity contribution in [1.82, 2.24) is 0 Å². The summed E-state index contributed by atoms with van der Waals surface area (Å²) in [5, 5.41) is 0.343. The van der Waals surface area contributed by atoms with Gasteiger partial charge in [-0.1, -0.05) is 35.9 Å². The molecule has 0 aromatic heterocycles. The van der Waals surface area contributed by atoms with Crippen molar-refractivity contribution in [3.63, 3.8) is 0 Å². The molecular formula is C26H21ClFNO4. The first-order chi connectivity index (χ1) is 15.9. The molecule has 0 aliphatic carbocycles. The van der Waals surface area contributed by atoms with E-state index in [0.717, 1.165) is 11.1 Å². The van der Waals surface area contributed by atoms with Gasteiger partial charge in [0.05, 0.1) is 11.6 Å². The first kappa shape index (κ1) is 22.6. The third-order valence-corrected chi connectivity index (χ3v) is 5.26. The van der Waals surface area contributed by atoms with Crippen molar-refractivity contribution in [3.05, 3.63) is 99.5 Å². The summed E-state index contributed by atoms with van der Waals surface area (Å²) in [5.41, 5.74) is 3.35. The third kappa shape index (κ3) is 5.23. The van der Waals surface area contributed by atoms with E-state index in [1.807, 2.05) is 38.1 Å². The Morgan fingerprint density at radius 2 is 1.85 bits per heavy atom. The van der Waals surface area contributed by atoms with Crippen LogP contribution in [0.1, 0.15) is 29.2 Å². The zero-order chi connectivity index (χ0) is 23.4. The van der Waals surface area contributed by atoms with Gasteiger partial charge in [0.1, 0.15) is 12.4 Å². The molecule has 5 nitrogen and oxygen atoms in total. The average Bonchev–Trinajstić information content (AvgIpc) is 3.15. The molecule has 0 saturated heterocycles. The molecule has 0 spiro atoms. The average molecular weight is 466 g/mol. The maximum Gasteiger partial charge on any atom is 0.363 e. The van der Waals surface area contributed by atoms with Gasteiger partial charge < -0.3 is 14.2 Å². The number of rotatable bonds is 7. The van der Waals surface area contributed by atoms with E-state index in [-0.39, 0.29) is 17.4 Å². The number of hydrogen-bond acceptors (Lipinski definition) is 5. The van der Waals surface area contributed by atoms with Gasteiger partial charge in [0.2, 0.25) is 5.90 Å². The molecule has 1 aliphatic heterocycles. The lowest BCUT2D eigenvalue weighted by molar-refractivity contribution is -0.129. The van der Waals surface area contributed by atoms with Gasteiger partial charge in [-0.2, -0.15) is 0 Å². The van der Waals surface area contributed by atoms with Crippen LogP contribution in [0.15, 0.2) is 71.4 Å². The van der Waals surface area contributed by atoms with Crippen LogP contribution in [-0.4, -0.2) is 18.5 Å². The number of aryl methyl sites for hydroxylation is 1. The van der Waals surface area contributed by atoms with E-state index in [1.54, 1.807) is 18.2 Å². The molecule has 0 atom stereocenters. The molecule has 0 saturated carbocycles. The summed E-state index contributed by atoms with van der Waals surface area (Å²) in [7, 11) is 0. The van der Waals surface area contributed by atoms with E-state index >= 15 is 0 Å². The molecule has 0 amide bonds. The smallest absolute Gasteiger partial charge is 0.363 e. The van der Waals surface area contributed by atoms with Gasteiger partial charge in [-0.15, -0.1) is 0 Å². The molecule has 0 unspecified atom stereocenters. The van der Waals surface area contributed by atoms with Gasteiger partial charge in [-0.05, 0) is 73.0 Å². The molecule has 4 rings (SSSR count). The van der Waals surface area contributed by atoms with Crippen molar-refractivity contribution >= 4 is 29.5 Å². The molecule has 1 heterocycles. The summed E-state index contributed by atoms with van der Waals surface area (Å²) < 4.78 is 30.1. The highest BCUT2D eigenvalue weighted by molar-refractivity contribution is 6.32. The summed E-state index contributed by atoms with van der Waals surface area (Å²) in [6.07, 6.45) is 1.55. The molecule has 3 aromatic rings. The Hall–Kier alpha value is -3.64. The van der Waals surface area contributed by atoms with Crippen molar-refractivity contribution < 1.29 is 23.4 Å². The van der Waals surface area contributed by atoms with E-state index in [0.29, 0.717) is 40.9 Å². The number of halogens is 2. The summed E-state index contributed by atoms with van der Waals surface area (Å²) >= 11 is 6.52. The van der Waals surface area contributed by atoms with Gasteiger partial charge in [0.25, 0.3) is 0 Å². The van der Waals surface area contributed by atoms with Crippen LogP contribution < -0.4 is 9.47 Å². The fraction of sp³-hybridized carbons (Fsp3) is 0.154. The fourth-order valence-corrected chi connectivity index (χ4v) is 3.55. The zero-order valence-electron chi connectivity index (χ0n) is 18.1. The zero-order valence-corrected chi connectivity index (χ0v) is 18.9. The highest BCUT2D eigenvalue weighted by Gasteiger charge is 2.24. The summed E-state index contributed by atoms with van der Waals surface area (Å²) in [6, 6.07) is 16.9. The lowest BCUT2D eigenvalue weighted by Gasteiger charge is -2.15. The van der Waals surface area contributed by atoms with Gasteiger partial charge in [0.15, 0.2) is 17.2 Å². The Balaban J connectivity index is 1.61. The Labute approximate surface area is 196 Å². The van der Waals surface area contributed by atoms with E-state index in [9.17, 15) is 9.18 Å². The van der Waals surface area contributed by atoms with Gasteiger partial charge in [0, 0.05) is 5.56 Å². The highest BCUT2D eigenvalue weighted by Crippen LogP contribution is 2.38. The minimum atomic E-state index is -0.608. The largest absolute Gasteiger partial charge is 0.490 e. The number of aliphatic imine (C=N–C) groups is 1. The van der Waals surface area contributed by atoms with Gasteiger partial charge in [-0.25, -0.2) is 14.2 Å². The van der Waals surface area contributed by atoms with Crippen molar-refractivity contribution in [2.75, 3.05) is 6.61 Å². The lowest BCUT2D eigenvalue weighted by atomic mass is 10.1. The van der Waals surface area contributed by atoms with Crippen LogP contribution in [-0.2, 0) is 16.1 Å². The van der Waals surface area contributed by atoms with Crippen LogP contribution >= 0.6 is 11.6 Å². The van der Waals surface area contributed by atoms with Crippen LogP contribution in [0.4, 0.5) is 4.39 Å². The number of benzene rings is 3. The molecule has 0 fully saturated rings. The predicted molar refractivity (Wildman–Crippen MR) is 125 cm³/mol. The topological polar surface area (TPSA) is 57.1 Å². The third-order valence-electron chi connectivity index (χ3n) is 4.98. The first-order valence-electron chi connectivity index (χ1n) is 10.4. The van der Waals surface area contributed by atoms with Crippen molar-refractivity contribution in [1.29, 1.82) is 0 Å². The predicted octanol–water partition coefficient (Wildman–Crippen LogP) is 6.11. The normalized spacial score (nSPS) is 14.2. The summed E-state index contributed by atoms with van der Waals surface area (Å²) in [6.45, 7) is 4.62. The van der Waals surface area contributed by atoms with Gasteiger partial charge >= 0.3 is 5.97 Å². The number of ether oxygens (including phenoxy) is 3. The quantitative estimate of drug-likeness (QED) is 0.312. The van der Waals surface area contributed by atoms with Crippen LogP contribution in [0.3, 0.4) is 0 Å². The molecule has 168 valence electrons. The van der Waals surface area contributed by atoms with E-state index in [2.05, 4.69) is 4.99 Å². The fourth-order valence-electron chi connectivity index (χ4n) is 3.28. The highest BCUT2D eigenvalue weighted by atomic mass is 35.5. The number of esters is 1.